The first-order valence-corrected chi connectivity index (χ1v) is 7.70. The van der Waals surface area contributed by atoms with E-state index >= 15 is 0 Å². The van der Waals surface area contributed by atoms with Crippen molar-refractivity contribution in [3.05, 3.63) is 58.9 Å². The number of nitrogens with zero attached hydrogens (tertiary/aromatic N) is 1. The topological polar surface area (TPSA) is 118 Å². The molecule has 7 nitrogen and oxygen atoms in total. The van der Waals surface area contributed by atoms with Crippen molar-refractivity contribution < 1.29 is 18.9 Å². The van der Waals surface area contributed by atoms with Gasteiger partial charge in [0.05, 0.1) is 16.5 Å². The molecule has 0 radical (unpaired) electrons. The molecule has 0 fully saturated rings. The van der Waals surface area contributed by atoms with Crippen LogP contribution in [0.3, 0.4) is 0 Å². The lowest BCUT2D eigenvalue weighted by atomic mass is 10.1. The summed E-state index contributed by atoms with van der Waals surface area (Å²) < 4.78 is 15.2. The molecular formula is C14H9N2O5P-2. The van der Waals surface area contributed by atoms with E-state index in [1.165, 1.54) is 18.2 Å². The molecule has 3 aromatic rings. The van der Waals surface area contributed by atoms with Crippen LogP contribution in [-0.4, -0.2) is 9.97 Å². The molecule has 0 aliphatic heterocycles. The number of nitrogens with one attached hydrogen (secondary N) is 1. The molecule has 1 heterocycles. The van der Waals surface area contributed by atoms with E-state index in [0.29, 0.717) is 10.9 Å². The zero-order valence-corrected chi connectivity index (χ0v) is 11.9. The molecule has 0 saturated heterocycles. The monoisotopic (exact) mass is 316 g/mol. The second kappa shape index (κ2) is 5.38. The smallest absolute Gasteiger partial charge is 0.259 e. The normalized spacial score (nSPS) is 11.5. The lowest BCUT2D eigenvalue weighted by Crippen LogP contribution is -2.19. The molecule has 0 atom stereocenters. The Kier molecular flexibility index (Phi) is 3.54. The van der Waals surface area contributed by atoms with Crippen LogP contribution in [-0.2, 0) is 4.57 Å². The van der Waals surface area contributed by atoms with Crippen molar-refractivity contribution in [2.24, 2.45) is 0 Å². The second-order valence-corrected chi connectivity index (χ2v) is 5.54. The molecule has 112 valence electrons. The molecule has 22 heavy (non-hydrogen) atoms. The van der Waals surface area contributed by atoms with E-state index in [1.807, 2.05) is 0 Å². The summed E-state index contributed by atoms with van der Waals surface area (Å²) in [6.45, 7) is 0. The van der Waals surface area contributed by atoms with Gasteiger partial charge in [0.15, 0.2) is 0 Å². The van der Waals surface area contributed by atoms with E-state index in [-0.39, 0.29) is 22.7 Å². The summed E-state index contributed by atoms with van der Waals surface area (Å²) in [6.07, 6.45) is 0. The van der Waals surface area contributed by atoms with Crippen molar-refractivity contribution in [3.63, 3.8) is 0 Å². The van der Waals surface area contributed by atoms with Gasteiger partial charge in [-0.1, -0.05) is 24.3 Å². The quantitative estimate of drug-likeness (QED) is 0.714. The number of rotatable bonds is 3. The van der Waals surface area contributed by atoms with E-state index in [1.54, 1.807) is 30.3 Å². The highest BCUT2D eigenvalue weighted by atomic mass is 31.2. The summed E-state index contributed by atoms with van der Waals surface area (Å²) in [5.41, 5.74) is 0.281. The SMILES string of the molecule is O=c1[nH]c(-c2ccccc2OP(=O)([O-])[O-])nc2ccccc12. The lowest BCUT2D eigenvalue weighted by molar-refractivity contribution is -0.333. The molecule has 8 heteroatoms. The number of hydrogen-bond acceptors (Lipinski definition) is 6. The van der Waals surface area contributed by atoms with Gasteiger partial charge in [-0.3, -0.25) is 4.79 Å². The first kappa shape index (κ1) is 14.5. The van der Waals surface area contributed by atoms with Crippen LogP contribution in [0, 0.1) is 0 Å². The third-order valence-corrected chi connectivity index (χ3v) is 3.39. The van der Waals surface area contributed by atoms with Crippen LogP contribution in [0.15, 0.2) is 53.3 Å². The summed E-state index contributed by atoms with van der Waals surface area (Å²) >= 11 is 0. The minimum absolute atomic E-state index is 0.118. The summed E-state index contributed by atoms with van der Waals surface area (Å²) in [5, 5.41) is 0.406. The fourth-order valence-corrected chi connectivity index (χ4v) is 2.48. The number of phosphoric ester groups is 1. The Labute approximate surface area is 124 Å². The molecule has 3 rings (SSSR count). The Balaban J connectivity index is 2.20. The van der Waals surface area contributed by atoms with Crippen molar-refractivity contribution in [3.8, 4) is 17.1 Å². The van der Waals surface area contributed by atoms with Crippen LogP contribution in [0.4, 0.5) is 0 Å². The summed E-state index contributed by atoms with van der Waals surface area (Å²) in [4.78, 5) is 40.5. The van der Waals surface area contributed by atoms with Crippen LogP contribution in [0.1, 0.15) is 0 Å². The molecule has 0 saturated carbocycles. The minimum atomic E-state index is -5.21. The Morgan fingerprint density at radius 2 is 1.73 bits per heavy atom. The molecule has 1 aromatic heterocycles. The van der Waals surface area contributed by atoms with Crippen molar-refractivity contribution in [1.29, 1.82) is 0 Å². The Bertz CT molecular complexity index is 947. The van der Waals surface area contributed by atoms with Crippen molar-refractivity contribution in [1.82, 2.24) is 9.97 Å². The molecule has 0 aliphatic carbocycles. The third kappa shape index (κ3) is 2.92. The number of aromatic nitrogens is 2. The molecule has 1 N–H and O–H groups in total. The average molecular weight is 316 g/mol. The van der Waals surface area contributed by atoms with Crippen LogP contribution in [0.5, 0.6) is 5.75 Å². The van der Waals surface area contributed by atoms with Gasteiger partial charge in [-0.2, -0.15) is 0 Å². The Morgan fingerprint density at radius 1 is 1.05 bits per heavy atom. The standard InChI is InChI=1S/C14H11N2O5P/c17-14-9-5-1-3-7-11(9)15-13(16-14)10-6-2-4-8-12(10)21-22(18,19)20/h1-8H,(H,15,16,17)(H2,18,19,20)/p-2. The van der Waals surface area contributed by atoms with Gasteiger partial charge in [-0.25, -0.2) is 4.98 Å². The first-order chi connectivity index (χ1) is 10.4. The average Bonchev–Trinajstić information content (AvgIpc) is 2.46. The van der Waals surface area contributed by atoms with E-state index in [0.717, 1.165) is 0 Å². The summed E-state index contributed by atoms with van der Waals surface area (Å²) in [7, 11) is -5.21. The van der Waals surface area contributed by atoms with E-state index in [2.05, 4.69) is 14.5 Å². The van der Waals surface area contributed by atoms with E-state index in [4.69, 9.17) is 0 Å². The van der Waals surface area contributed by atoms with Gasteiger partial charge in [0.2, 0.25) is 0 Å². The van der Waals surface area contributed by atoms with Gasteiger partial charge in [0, 0.05) is 0 Å². The van der Waals surface area contributed by atoms with E-state index in [9.17, 15) is 19.1 Å². The van der Waals surface area contributed by atoms with Crippen LogP contribution >= 0.6 is 7.82 Å². The van der Waals surface area contributed by atoms with Gasteiger partial charge in [0.25, 0.3) is 5.56 Å². The van der Waals surface area contributed by atoms with Gasteiger partial charge in [-0.05, 0) is 24.3 Å². The van der Waals surface area contributed by atoms with Gasteiger partial charge >= 0.3 is 0 Å². The fraction of sp³-hybridized carbons (Fsp3) is 0. The number of H-pyrrole nitrogens is 1. The second-order valence-electron chi connectivity index (χ2n) is 4.47. The molecule has 0 bridgehead atoms. The fourth-order valence-electron chi connectivity index (χ4n) is 2.08. The molecular weight excluding hydrogens is 307 g/mol. The van der Waals surface area contributed by atoms with Crippen LogP contribution in [0.25, 0.3) is 22.3 Å². The summed E-state index contributed by atoms with van der Waals surface area (Å²) in [5.74, 6) is -0.0676. The van der Waals surface area contributed by atoms with Crippen molar-refractivity contribution >= 4 is 18.7 Å². The summed E-state index contributed by atoms with van der Waals surface area (Å²) in [6, 6.07) is 12.6. The Hall–Kier alpha value is -2.47. The largest absolute Gasteiger partial charge is 0.780 e. The Morgan fingerprint density at radius 3 is 2.50 bits per heavy atom. The number of benzene rings is 2. The van der Waals surface area contributed by atoms with Crippen molar-refractivity contribution in [2.45, 2.75) is 0 Å². The maximum Gasteiger partial charge on any atom is 0.259 e. The highest BCUT2D eigenvalue weighted by Crippen LogP contribution is 2.35. The molecule has 0 spiro atoms. The maximum absolute atomic E-state index is 12.1. The van der Waals surface area contributed by atoms with Crippen LogP contribution < -0.4 is 19.9 Å². The lowest BCUT2D eigenvalue weighted by Gasteiger charge is -2.29. The van der Waals surface area contributed by atoms with E-state index < -0.39 is 7.82 Å². The van der Waals surface area contributed by atoms with Gasteiger partial charge in [-0.15, -0.1) is 0 Å². The zero-order chi connectivity index (χ0) is 15.7. The number of hydrogen-bond donors (Lipinski definition) is 1. The van der Waals surface area contributed by atoms with Gasteiger partial charge < -0.3 is 23.9 Å². The number of phosphoric acid groups is 1. The van der Waals surface area contributed by atoms with Crippen LogP contribution in [0.2, 0.25) is 0 Å². The maximum atomic E-state index is 12.1. The highest BCUT2D eigenvalue weighted by Gasteiger charge is 2.11. The number of para-hydroxylation sites is 2. The molecule has 0 aliphatic rings. The molecule has 2 aromatic carbocycles. The molecule has 0 amide bonds. The number of aromatic amines is 1. The zero-order valence-electron chi connectivity index (χ0n) is 11.1. The molecule has 0 unspecified atom stereocenters. The predicted molar refractivity (Wildman–Crippen MR) is 76.0 cm³/mol. The third-order valence-electron chi connectivity index (χ3n) is 2.97. The predicted octanol–water partition coefficient (Wildman–Crippen LogP) is 0.798. The minimum Gasteiger partial charge on any atom is -0.780 e. The highest BCUT2D eigenvalue weighted by molar-refractivity contribution is 7.43. The van der Waals surface area contributed by atoms with Crippen molar-refractivity contribution in [2.75, 3.05) is 0 Å². The number of fused-ring (bicyclic) bond motifs is 1. The van der Waals surface area contributed by atoms with Gasteiger partial charge in [0.1, 0.15) is 19.4 Å². The first-order valence-electron chi connectivity index (χ1n) is 6.24.